The number of piperazine rings is 1. The van der Waals surface area contributed by atoms with Crippen LogP contribution in [0.2, 0.25) is 0 Å². The molecule has 8 nitrogen and oxygen atoms in total. The van der Waals surface area contributed by atoms with Crippen LogP contribution in [0.1, 0.15) is 32.6 Å². The zero-order valence-corrected chi connectivity index (χ0v) is 17.7. The summed E-state index contributed by atoms with van der Waals surface area (Å²) in [5.74, 6) is 0.749. The number of para-hydroxylation sites is 2. The van der Waals surface area contributed by atoms with Crippen molar-refractivity contribution in [2.24, 2.45) is 0 Å². The number of carbonyl (C=O) groups excluding carboxylic acids is 2. The van der Waals surface area contributed by atoms with E-state index in [0.717, 1.165) is 50.5 Å². The molecule has 3 N–H and O–H groups in total. The van der Waals surface area contributed by atoms with Gasteiger partial charge >= 0.3 is 6.03 Å². The number of imide groups is 1. The molecule has 164 valence electrons. The Morgan fingerprint density at radius 3 is 2.60 bits per heavy atom. The lowest BCUT2D eigenvalue weighted by atomic mass is 9.98. The van der Waals surface area contributed by atoms with Gasteiger partial charge in [-0.3, -0.25) is 9.69 Å². The number of nitrogens with zero attached hydrogens (tertiary/aromatic N) is 2. The third-order valence-corrected chi connectivity index (χ3v) is 6.60. The van der Waals surface area contributed by atoms with Crippen molar-refractivity contribution in [1.29, 1.82) is 0 Å². The van der Waals surface area contributed by atoms with Crippen LogP contribution < -0.4 is 19.9 Å². The van der Waals surface area contributed by atoms with E-state index >= 15 is 0 Å². The number of carbonyl (C=O) groups is 2. The third-order valence-electron chi connectivity index (χ3n) is 6.60. The molecule has 2 heterocycles. The van der Waals surface area contributed by atoms with Gasteiger partial charge in [0, 0.05) is 0 Å². The number of ether oxygens (including phenoxy) is 1. The molecule has 2 aliphatic heterocycles. The van der Waals surface area contributed by atoms with Gasteiger partial charge in [-0.1, -0.05) is 25.0 Å². The van der Waals surface area contributed by atoms with Crippen molar-refractivity contribution in [1.82, 2.24) is 10.2 Å². The van der Waals surface area contributed by atoms with Gasteiger partial charge in [-0.25, -0.2) is 4.79 Å². The van der Waals surface area contributed by atoms with Crippen molar-refractivity contribution < 1.29 is 24.3 Å². The fraction of sp³-hybridized carbons (Fsp3) is 0.636. The van der Waals surface area contributed by atoms with E-state index in [1.165, 1.54) is 9.80 Å². The monoisotopic (exact) mass is 417 g/mol. The zero-order valence-electron chi connectivity index (χ0n) is 17.7. The van der Waals surface area contributed by atoms with Crippen LogP contribution in [0.25, 0.3) is 0 Å². The molecular weight excluding hydrogens is 384 g/mol. The number of hydrogen-bond donors (Lipinski definition) is 3. The Labute approximate surface area is 177 Å². The molecule has 1 aromatic rings. The molecule has 1 spiro atoms. The average molecular weight is 418 g/mol. The highest BCUT2D eigenvalue weighted by Gasteiger charge is 2.52. The molecule has 1 saturated carbocycles. The summed E-state index contributed by atoms with van der Waals surface area (Å²) < 4.78 is 5.75. The summed E-state index contributed by atoms with van der Waals surface area (Å²) in [6, 6.07) is 7.74. The molecule has 0 radical (unpaired) electrons. The van der Waals surface area contributed by atoms with Crippen LogP contribution in [0.4, 0.5) is 10.5 Å². The first-order chi connectivity index (χ1) is 14.5. The van der Waals surface area contributed by atoms with Gasteiger partial charge in [0.05, 0.1) is 45.0 Å². The van der Waals surface area contributed by atoms with E-state index in [1.54, 1.807) is 0 Å². The molecule has 3 fully saturated rings. The predicted octanol–water partition coefficient (Wildman–Crippen LogP) is 0.0157. The number of rotatable bonds is 7. The molecule has 8 heteroatoms. The molecule has 0 bridgehead atoms. The van der Waals surface area contributed by atoms with Crippen molar-refractivity contribution in [3.63, 3.8) is 0 Å². The van der Waals surface area contributed by atoms with E-state index < -0.39 is 11.6 Å². The van der Waals surface area contributed by atoms with Crippen molar-refractivity contribution >= 4 is 17.6 Å². The Hall–Kier alpha value is -2.32. The number of urea groups is 1. The molecule has 3 amide bonds. The minimum atomic E-state index is -0.714. The van der Waals surface area contributed by atoms with Crippen molar-refractivity contribution in [3.05, 3.63) is 24.3 Å². The minimum absolute atomic E-state index is 0.0762. The molecule has 0 unspecified atom stereocenters. The Balaban J connectivity index is 1.28. The maximum atomic E-state index is 12.8. The first-order valence-electron chi connectivity index (χ1n) is 11.1. The Kier molecular flexibility index (Phi) is 6.15. The van der Waals surface area contributed by atoms with Gasteiger partial charge in [-0.15, -0.1) is 0 Å². The predicted molar refractivity (Wildman–Crippen MR) is 113 cm³/mol. The summed E-state index contributed by atoms with van der Waals surface area (Å²) in [4.78, 5) is 29.9. The lowest BCUT2D eigenvalue weighted by molar-refractivity contribution is -0.903. The van der Waals surface area contributed by atoms with E-state index in [4.69, 9.17) is 4.74 Å². The van der Waals surface area contributed by atoms with E-state index in [9.17, 15) is 14.7 Å². The van der Waals surface area contributed by atoms with Gasteiger partial charge in [0.2, 0.25) is 0 Å². The quantitative estimate of drug-likeness (QED) is 0.545. The van der Waals surface area contributed by atoms with Crippen LogP contribution in [0, 0.1) is 0 Å². The largest absolute Gasteiger partial charge is 0.492 e. The minimum Gasteiger partial charge on any atom is -0.492 e. The number of benzene rings is 1. The highest BCUT2D eigenvalue weighted by atomic mass is 16.5. The Morgan fingerprint density at radius 2 is 1.90 bits per heavy atom. The number of quaternary nitrogens is 1. The van der Waals surface area contributed by atoms with E-state index in [2.05, 4.69) is 16.3 Å². The Morgan fingerprint density at radius 1 is 1.20 bits per heavy atom. The van der Waals surface area contributed by atoms with Crippen molar-refractivity contribution in [2.75, 3.05) is 50.8 Å². The second-order valence-corrected chi connectivity index (χ2v) is 8.63. The fourth-order valence-corrected chi connectivity index (χ4v) is 5.03. The summed E-state index contributed by atoms with van der Waals surface area (Å²) in [5, 5.41) is 13.5. The van der Waals surface area contributed by atoms with Crippen LogP contribution in [-0.4, -0.2) is 79.5 Å². The first-order valence-corrected chi connectivity index (χ1v) is 11.1. The lowest BCUT2D eigenvalue weighted by Crippen LogP contribution is -3.16. The highest BCUT2D eigenvalue weighted by Crippen LogP contribution is 2.35. The van der Waals surface area contributed by atoms with Gasteiger partial charge in [0.1, 0.15) is 23.9 Å². The molecule has 3 aliphatic rings. The van der Waals surface area contributed by atoms with Gasteiger partial charge in [0.25, 0.3) is 5.91 Å². The average Bonchev–Trinajstić information content (AvgIpc) is 3.30. The number of β-amino-alcohol motifs (C(OH)–C–C–N with tert-alkyl or cyclic N) is 1. The number of aliphatic hydroxyl groups is 1. The highest BCUT2D eigenvalue weighted by molar-refractivity contribution is 6.07. The molecule has 1 atom stereocenters. The van der Waals surface area contributed by atoms with Crippen molar-refractivity contribution in [2.45, 2.75) is 44.2 Å². The summed E-state index contributed by atoms with van der Waals surface area (Å²) in [6.45, 7) is 6.76. The second kappa shape index (κ2) is 8.81. The number of amides is 3. The lowest BCUT2D eigenvalue weighted by Gasteiger charge is -2.35. The van der Waals surface area contributed by atoms with Gasteiger partial charge in [0.15, 0.2) is 0 Å². The zero-order chi connectivity index (χ0) is 21.1. The summed E-state index contributed by atoms with van der Waals surface area (Å²) >= 11 is 0. The van der Waals surface area contributed by atoms with Crippen LogP contribution in [0.3, 0.4) is 0 Å². The SMILES string of the molecule is CCOc1ccccc1N1CC[NH+](C[C@H](O)CN2C(=O)NC3(CCCC3)C2=O)CC1. The van der Waals surface area contributed by atoms with Crippen LogP contribution in [0.5, 0.6) is 5.75 Å². The number of aliphatic hydroxyl groups excluding tert-OH is 1. The second-order valence-electron chi connectivity index (χ2n) is 8.63. The topological polar surface area (TPSA) is 86.6 Å². The molecular formula is C22H33N4O4+. The standard InChI is InChI=1S/C22H32N4O4/c1-2-30-19-8-4-3-7-18(19)25-13-11-24(12-14-25)15-17(27)16-26-20(28)22(23-21(26)29)9-5-6-10-22/h3-4,7-8,17,27H,2,5-6,9-16H2,1H3,(H,23,29)/p+1/t17-/m0/s1. The molecule has 0 aromatic heterocycles. The van der Waals surface area contributed by atoms with Crippen LogP contribution in [-0.2, 0) is 4.79 Å². The maximum absolute atomic E-state index is 12.8. The number of hydrogen-bond acceptors (Lipinski definition) is 5. The van der Waals surface area contributed by atoms with Crippen LogP contribution >= 0.6 is 0 Å². The molecule has 30 heavy (non-hydrogen) atoms. The normalized spacial score (nSPS) is 22.6. The van der Waals surface area contributed by atoms with E-state index in [-0.39, 0.29) is 18.5 Å². The van der Waals surface area contributed by atoms with Gasteiger partial charge in [-0.05, 0) is 31.9 Å². The summed E-state index contributed by atoms with van der Waals surface area (Å²) in [5.41, 5.74) is 0.406. The van der Waals surface area contributed by atoms with Gasteiger partial charge in [-0.2, -0.15) is 0 Å². The van der Waals surface area contributed by atoms with Gasteiger partial charge < -0.3 is 25.0 Å². The van der Waals surface area contributed by atoms with E-state index in [1.807, 2.05) is 25.1 Å². The first kappa shape index (κ1) is 20.9. The number of anilines is 1. The van der Waals surface area contributed by atoms with E-state index in [0.29, 0.717) is 26.0 Å². The fourth-order valence-electron chi connectivity index (χ4n) is 5.03. The summed E-state index contributed by atoms with van der Waals surface area (Å²) in [6.07, 6.45) is 2.63. The molecule has 4 rings (SSSR count). The van der Waals surface area contributed by atoms with Crippen molar-refractivity contribution in [3.8, 4) is 5.75 Å². The van der Waals surface area contributed by atoms with Crippen LogP contribution in [0.15, 0.2) is 24.3 Å². The third kappa shape index (κ3) is 4.11. The molecule has 2 saturated heterocycles. The maximum Gasteiger partial charge on any atom is 0.325 e. The smallest absolute Gasteiger partial charge is 0.325 e. The number of nitrogens with one attached hydrogen (secondary N) is 2. The Bertz CT molecular complexity index is 772. The molecule has 1 aromatic carbocycles. The summed E-state index contributed by atoms with van der Waals surface area (Å²) in [7, 11) is 0. The molecule has 1 aliphatic carbocycles.